The highest BCUT2D eigenvalue weighted by atomic mass is 16.2. The third-order valence-electron chi connectivity index (χ3n) is 2.34. The van der Waals surface area contributed by atoms with Crippen LogP contribution in [-0.2, 0) is 9.59 Å². The van der Waals surface area contributed by atoms with Crippen LogP contribution in [-0.4, -0.2) is 34.8 Å². The molecule has 0 unspecified atom stereocenters. The average molecular weight is 184 g/mol. The number of nitrogens with zero attached hydrogens (tertiary/aromatic N) is 1. The van der Waals surface area contributed by atoms with Crippen LogP contribution in [0.15, 0.2) is 0 Å². The van der Waals surface area contributed by atoms with Crippen molar-refractivity contribution in [2.75, 3.05) is 6.54 Å². The van der Waals surface area contributed by atoms with Crippen LogP contribution in [0.2, 0.25) is 0 Å². The second-order valence-corrected chi connectivity index (χ2v) is 4.10. The maximum absolute atomic E-state index is 11.5. The van der Waals surface area contributed by atoms with Crippen molar-refractivity contribution in [2.24, 2.45) is 0 Å². The lowest BCUT2D eigenvalue weighted by molar-refractivity contribution is -0.153. The third kappa shape index (κ3) is 1.53. The molecule has 1 aliphatic rings. The average Bonchev–Trinajstić information content (AvgIpc) is 1.96. The Morgan fingerprint density at radius 1 is 1.38 bits per heavy atom. The molecule has 74 valence electrons. The molecule has 1 heterocycles. The topological polar surface area (TPSA) is 49.4 Å². The van der Waals surface area contributed by atoms with Crippen molar-refractivity contribution < 1.29 is 9.59 Å². The van der Waals surface area contributed by atoms with E-state index < -0.39 is 5.54 Å². The Kier molecular flexibility index (Phi) is 2.32. The minimum absolute atomic E-state index is 0.0143. The van der Waals surface area contributed by atoms with Gasteiger partial charge in [0.1, 0.15) is 5.54 Å². The van der Waals surface area contributed by atoms with Crippen LogP contribution in [0.3, 0.4) is 0 Å². The maximum Gasteiger partial charge on any atom is 0.245 e. The molecule has 0 aromatic heterocycles. The molecule has 0 aromatic carbocycles. The van der Waals surface area contributed by atoms with E-state index in [1.165, 1.54) is 0 Å². The first kappa shape index (κ1) is 10.0. The first-order chi connectivity index (χ1) is 5.87. The zero-order valence-corrected chi connectivity index (χ0v) is 8.55. The van der Waals surface area contributed by atoms with Gasteiger partial charge in [0.25, 0.3) is 0 Å². The standard InChI is InChI=1S/C9H16N2O2/c1-6(2)11-7(12)5-10-8(13)9(11,3)4/h6H,5H2,1-4H3,(H,10,13). The molecule has 1 saturated heterocycles. The Morgan fingerprint density at radius 3 is 2.31 bits per heavy atom. The van der Waals surface area contributed by atoms with Gasteiger partial charge in [-0.05, 0) is 27.7 Å². The number of carbonyl (C=O) groups is 2. The molecular weight excluding hydrogens is 168 g/mol. The summed E-state index contributed by atoms with van der Waals surface area (Å²) in [4.78, 5) is 24.6. The van der Waals surface area contributed by atoms with Crippen molar-refractivity contribution in [1.82, 2.24) is 10.2 Å². The SMILES string of the molecule is CC(C)N1C(=O)CNC(=O)C1(C)C. The lowest BCUT2D eigenvalue weighted by atomic mass is 9.97. The van der Waals surface area contributed by atoms with E-state index in [1.807, 2.05) is 13.8 Å². The summed E-state index contributed by atoms with van der Waals surface area (Å²) in [6, 6.07) is 0.0635. The second-order valence-electron chi connectivity index (χ2n) is 4.10. The van der Waals surface area contributed by atoms with E-state index >= 15 is 0 Å². The Bertz CT molecular complexity index is 246. The lowest BCUT2D eigenvalue weighted by Crippen LogP contribution is -2.66. The van der Waals surface area contributed by atoms with Gasteiger partial charge in [0, 0.05) is 6.04 Å². The van der Waals surface area contributed by atoms with Gasteiger partial charge in [0.15, 0.2) is 0 Å². The van der Waals surface area contributed by atoms with E-state index in [2.05, 4.69) is 5.32 Å². The predicted molar refractivity (Wildman–Crippen MR) is 49.1 cm³/mol. The summed E-state index contributed by atoms with van der Waals surface area (Å²) < 4.78 is 0. The highest BCUT2D eigenvalue weighted by Crippen LogP contribution is 2.20. The van der Waals surface area contributed by atoms with Crippen molar-refractivity contribution in [1.29, 1.82) is 0 Å². The highest BCUT2D eigenvalue weighted by Gasteiger charge is 2.42. The Labute approximate surface area is 78.3 Å². The Hall–Kier alpha value is -1.06. The molecule has 1 fully saturated rings. The third-order valence-corrected chi connectivity index (χ3v) is 2.34. The van der Waals surface area contributed by atoms with E-state index in [1.54, 1.807) is 18.7 Å². The number of hydrogen-bond acceptors (Lipinski definition) is 2. The number of amides is 2. The summed E-state index contributed by atoms with van der Waals surface area (Å²) in [5, 5.41) is 2.58. The quantitative estimate of drug-likeness (QED) is 0.630. The summed E-state index contributed by atoms with van der Waals surface area (Å²) in [5.41, 5.74) is -0.719. The molecule has 1 aliphatic heterocycles. The fourth-order valence-corrected chi connectivity index (χ4v) is 1.81. The van der Waals surface area contributed by atoms with Gasteiger partial charge < -0.3 is 10.2 Å². The van der Waals surface area contributed by atoms with Gasteiger partial charge in [-0.25, -0.2) is 0 Å². The van der Waals surface area contributed by atoms with Gasteiger partial charge in [0.05, 0.1) is 6.54 Å². The molecule has 1 rings (SSSR count). The summed E-state index contributed by atoms with van der Waals surface area (Å²) in [6.07, 6.45) is 0. The molecule has 1 N–H and O–H groups in total. The van der Waals surface area contributed by atoms with Gasteiger partial charge in [-0.2, -0.15) is 0 Å². The Morgan fingerprint density at radius 2 is 1.92 bits per heavy atom. The van der Waals surface area contributed by atoms with Crippen molar-refractivity contribution in [3.63, 3.8) is 0 Å². The smallest absolute Gasteiger partial charge is 0.245 e. The van der Waals surface area contributed by atoms with Crippen molar-refractivity contribution >= 4 is 11.8 Å². The zero-order chi connectivity index (χ0) is 10.2. The lowest BCUT2D eigenvalue weighted by Gasteiger charge is -2.43. The predicted octanol–water partition coefficient (Wildman–Crippen LogP) is 0.132. The molecule has 0 radical (unpaired) electrons. The normalized spacial score (nSPS) is 22.1. The van der Waals surface area contributed by atoms with Crippen LogP contribution in [0.25, 0.3) is 0 Å². The Balaban J connectivity index is 2.98. The highest BCUT2D eigenvalue weighted by molar-refractivity contribution is 5.97. The van der Waals surface area contributed by atoms with Crippen LogP contribution >= 0.6 is 0 Å². The molecule has 13 heavy (non-hydrogen) atoms. The van der Waals surface area contributed by atoms with E-state index in [4.69, 9.17) is 0 Å². The van der Waals surface area contributed by atoms with Gasteiger partial charge >= 0.3 is 0 Å². The van der Waals surface area contributed by atoms with E-state index in [-0.39, 0.29) is 24.4 Å². The summed E-state index contributed by atoms with van der Waals surface area (Å²) >= 11 is 0. The van der Waals surface area contributed by atoms with Gasteiger partial charge in [-0.15, -0.1) is 0 Å². The largest absolute Gasteiger partial charge is 0.345 e. The van der Waals surface area contributed by atoms with Crippen molar-refractivity contribution in [3.05, 3.63) is 0 Å². The molecule has 0 aromatic rings. The van der Waals surface area contributed by atoms with Crippen molar-refractivity contribution in [3.8, 4) is 0 Å². The molecule has 4 heteroatoms. The number of piperazine rings is 1. The number of hydrogen-bond donors (Lipinski definition) is 1. The molecule has 2 amide bonds. The van der Waals surface area contributed by atoms with Gasteiger partial charge in [0.2, 0.25) is 11.8 Å². The molecule has 0 spiro atoms. The molecule has 0 saturated carbocycles. The van der Waals surface area contributed by atoms with E-state index in [0.717, 1.165) is 0 Å². The zero-order valence-electron chi connectivity index (χ0n) is 8.55. The number of nitrogens with one attached hydrogen (secondary N) is 1. The number of carbonyl (C=O) groups excluding carboxylic acids is 2. The van der Waals surface area contributed by atoms with Gasteiger partial charge in [-0.1, -0.05) is 0 Å². The fourth-order valence-electron chi connectivity index (χ4n) is 1.81. The maximum atomic E-state index is 11.5. The molecule has 0 atom stereocenters. The van der Waals surface area contributed by atoms with Gasteiger partial charge in [-0.3, -0.25) is 9.59 Å². The molecule has 0 bridgehead atoms. The van der Waals surface area contributed by atoms with E-state index in [0.29, 0.717) is 0 Å². The minimum Gasteiger partial charge on any atom is -0.345 e. The second kappa shape index (κ2) is 3.01. The molecular formula is C9H16N2O2. The van der Waals surface area contributed by atoms with E-state index in [9.17, 15) is 9.59 Å². The summed E-state index contributed by atoms with van der Waals surface area (Å²) in [5.74, 6) is -0.0969. The monoisotopic (exact) mass is 184 g/mol. The first-order valence-corrected chi connectivity index (χ1v) is 4.48. The van der Waals surface area contributed by atoms with Crippen LogP contribution in [0.5, 0.6) is 0 Å². The minimum atomic E-state index is -0.719. The van der Waals surface area contributed by atoms with Crippen LogP contribution in [0.1, 0.15) is 27.7 Å². The first-order valence-electron chi connectivity index (χ1n) is 4.48. The molecule has 0 aliphatic carbocycles. The summed E-state index contributed by atoms with van der Waals surface area (Å²) in [7, 11) is 0. The summed E-state index contributed by atoms with van der Waals surface area (Å²) in [6.45, 7) is 7.48. The fraction of sp³-hybridized carbons (Fsp3) is 0.778. The molecule has 4 nitrogen and oxygen atoms in total. The van der Waals surface area contributed by atoms with Crippen LogP contribution in [0, 0.1) is 0 Å². The van der Waals surface area contributed by atoms with Crippen molar-refractivity contribution in [2.45, 2.75) is 39.3 Å². The van der Waals surface area contributed by atoms with Crippen LogP contribution in [0.4, 0.5) is 0 Å². The number of rotatable bonds is 1. The van der Waals surface area contributed by atoms with Crippen LogP contribution < -0.4 is 5.32 Å².